The van der Waals surface area contributed by atoms with Crippen molar-refractivity contribution in [2.75, 3.05) is 6.54 Å². The first-order valence-electron chi connectivity index (χ1n) is 5.29. The number of thiophene rings is 1. The van der Waals surface area contributed by atoms with Crippen molar-refractivity contribution in [1.82, 2.24) is 4.72 Å². The molecule has 1 unspecified atom stereocenters. The molecule has 1 aromatic heterocycles. The van der Waals surface area contributed by atoms with Gasteiger partial charge in [0.05, 0.1) is 12.5 Å². The molecular weight excluding hydrogens is 278 g/mol. The quantitative estimate of drug-likeness (QED) is 0.676. The predicted molar refractivity (Wildman–Crippen MR) is 67.1 cm³/mol. The molecule has 1 heterocycles. The number of hydrogen-bond donors (Lipinski definition) is 3. The second-order valence-electron chi connectivity index (χ2n) is 3.83. The zero-order valence-electron chi connectivity index (χ0n) is 9.79. The summed E-state index contributed by atoms with van der Waals surface area (Å²) < 4.78 is 26.0. The molecule has 102 valence electrons. The third-order valence-corrected chi connectivity index (χ3v) is 5.12. The van der Waals surface area contributed by atoms with Gasteiger partial charge in [0.25, 0.3) is 0 Å². The highest BCUT2D eigenvalue weighted by Crippen LogP contribution is 2.21. The molecule has 0 fully saturated rings. The molecule has 0 amide bonds. The Bertz CT molecular complexity index is 506. The summed E-state index contributed by atoms with van der Waals surface area (Å²) in [5.74, 6) is -0.997. The number of aliphatic carboxylic acids is 1. The van der Waals surface area contributed by atoms with E-state index in [4.69, 9.17) is 10.2 Å². The molecule has 8 heteroatoms. The van der Waals surface area contributed by atoms with Gasteiger partial charge >= 0.3 is 5.97 Å². The molecule has 3 N–H and O–H groups in total. The smallest absolute Gasteiger partial charge is 0.308 e. The normalized spacial score (nSPS) is 13.4. The Morgan fingerprint density at radius 3 is 2.72 bits per heavy atom. The van der Waals surface area contributed by atoms with Crippen LogP contribution in [0.15, 0.2) is 16.3 Å². The Morgan fingerprint density at radius 1 is 1.50 bits per heavy atom. The van der Waals surface area contributed by atoms with Gasteiger partial charge in [-0.3, -0.25) is 4.79 Å². The second kappa shape index (κ2) is 6.28. The topological polar surface area (TPSA) is 104 Å². The number of carboxylic acids is 1. The van der Waals surface area contributed by atoms with Crippen molar-refractivity contribution in [2.24, 2.45) is 0 Å². The zero-order valence-corrected chi connectivity index (χ0v) is 11.4. The fraction of sp³-hybridized carbons (Fsp3) is 0.500. The van der Waals surface area contributed by atoms with Crippen LogP contribution in [0.25, 0.3) is 0 Å². The van der Waals surface area contributed by atoms with Crippen molar-refractivity contribution in [2.45, 2.75) is 30.1 Å². The monoisotopic (exact) mass is 293 g/mol. The van der Waals surface area contributed by atoms with Crippen LogP contribution in [0.1, 0.15) is 18.2 Å². The number of carboxylic acid groups (broad SMARTS) is 1. The van der Waals surface area contributed by atoms with Crippen LogP contribution in [0.2, 0.25) is 0 Å². The number of rotatable bonds is 7. The molecule has 0 aliphatic heterocycles. The highest BCUT2D eigenvalue weighted by atomic mass is 32.2. The number of aliphatic hydroxyl groups excluding tert-OH is 1. The fourth-order valence-corrected chi connectivity index (χ4v) is 3.66. The largest absolute Gasteiger partial charge is 0.481 e. The van der Waals surface area contributed by atoms with Crippen molar-refractivity contribution in [3.8, 4) is 0 Å². The van der Waals surface area contributed by atoms with Crippen molar-refractivity contribution in [1.29, 1.82) is 0 Å². The van der Waals surface area contributed by atoms with E-state index >= 15 is 0 Å². The van der Waals surface area contributed by atoms with Gasteiger partial charge in [-0.25, -0.2) is 13.1 Å². The van der Waals surface area contributed by atoms with E-state index in [1.807, 2.05) is 0 Å². The standard InChI is InChI=1S/C10H15NO5S2/c1-7(12)4-5-11-18(15,16)10-3-2-8(17-10)6-9(13)14/h2-3,7,11-12H,4-6H2,1H3,(H,13,14). The number of sulfonamides is 1. The van der Waals surface area contributed by atoms with Crippen LogP contribution in [-0.4, -0.2) is 37.2 Å². The van der Waals surface area contributed by atoms with E-state index in [1.54, 1.807) is 6.92 Å². The highest BCUT2D eigenvalue weighted by molar-refractivity contribution is 7.91. The molecule has 0 saturated heterocycles. The van der Waals surface area contributed by atoms with Gasteiger partial charge in [-0.05, 0) is 25.5 Å². The lowest BCUT2D eigenvalue weighted by molar-refractivity contribution is -0.136. The molecule has 1 aromatic rings. The van der Waals surface area contributed by atoms with Crippen LogP contribution in [0.3, 0.4) is 0 Å². The van der Waals surface area contributed by atoms with Crippen molar-refractivity contribution in [3.05, 3.63) is 17.0 Å². The molecule has 0 bridgehead atoms. The molecule has 0 saturated carbocycles. The molecule has 0 aliphatic rings. The van der Waals surface area contributed by atoms with E-state index in [2.05, 4.69) is 4.72 Å². The Balaban J connectivity index is 2.67. The van der Waals surface area contributed by atoms with Crippen LogP contribution >= 0.6 is 11.3 Å². The number of nitrogens with one attached hydrogen (secondary N) is 1. The molecule has 0 spiro atoms. The van der Waals surface area contributed by atoms with Gasteiger partial charge in [-0.2, -0.15) is 0 Å². The highest BCUT2D eigenvalue weighted by Gasteiger charge is 2.17. The van der Waals surface area contributed by atoms with Crippen LogP contribution in [0.5, 0.6) is 0 Å². The molecule has 0 aliphatic carbocycles. The lowest BCUT2D eigenvalue weighted by atomic mass is 10.3. The van der Waals surface area contributed by atoms with E-state index < -0.39 is 22.1 Å². The van der Waals surface area contributed by atoms with Crippen LogP contribution in [0.4, 0.5) is 0 Å². The van der Waals surface area contributed by atoms with E-state index in [0.29, 0.717) is 11.3 Å². The third-order valence-electron chi connectivity index (χ3n) is 2.08. The maximum Gasteiger partial charge on any atom is 0.308 e. The van der Waals surface area contributed by atoms with Crippen LogP contribution in [-0.2, 0) is 21.2 Å². The maximum atomic E-state index is 11.8. The van der Waals surface area contributed by atoms with Gasteiger partial charge in [-0.15, -0.1) is 11.3 Å². The zero-order chi connectivity index (χ0) is 13.8. The Labute approximate surface area is 109 Å². The minimum absolute atomic E-state index is 0.0874. The van der Waals surface area contributed by atoms with Gasteiger partial charge < -0.3 is 10.2 Å². The fourth-order valence-electron chi connectivity index (χ4n) is 1.22. The van der Waals surface area contributed by atoms with Gasteiger partial charge in [0.2, 0.25) is 10.0 Å². The summed E-state index contributed by atoms with van der Waals surface area (Å²) >= 11 is 0.933. The number of hydrogen-bond acceptors (Lipinski definition) is 5. The molecule has 18 heavy (non-hydrogen) atoms. The average molecular weight is 293 g/mol. The average Bonchev–Trinajstić information content (AvgIpc) is 2.64. The molecule has 0 radical (unpaired) electrons. The molecule has 1 atom stereocenters. The van der Waals surface area contributed by atoms with Gasteiger partial charge in [0, 0.05) is 11.4 Å². The number of aliphatic hydroxyl groups is 1. The Hall–Kier alpha value is -0.960. The van der Waals surface area contributed by atoms with E-state index in [-0.39, 0.29) is 17.2 Å². The minimum Gasteiger partial charge on any atom is -0.481 e. The lowest BCUT2D eigenvalue weighted by Crippen LogP contribution is -2.26. The molecule has 6 nitrogen and oxygen atoms in total. The first-order chi connectivity index (χ1) is 8.31. The maximum absolute atomic E-state index is 11.8. The summed E-state index contributed by atoms with van der Waals surface area (Å²) in [5, 5.41) is 17.6. The minimum atomic E-state index is -3.61. The van der Waals surface area contributed by atoms with Crippen molar-refractivity contribution >= 4 is 27.3 Å². The summed E-state index contributed by atoms with van der Waals surface area (Å²) in [5.41, 5.74) is 0. The van der Waals surface area contributed by atoms with Gasteiger partial charge in [-0.1, -0.05) is 0 Å². The molecular formula is C10H15NO5S2. The third kappa shape index (κ3) is 4.73. The lowest BCUT2D eigenvalue weighted by Gasteiger charge is -2.05. The summed E-state index contributed by atoms with van der Waals surface area (Å²) in [6.45, 7) is 1.72. The van der Waals surface area contributed by atoms with E-state index in [1.165, 1.54) is 12.1 Å². The Morgan fingerprint density at radius 2 is 2.17 bits per heavy atom. The molecule has 0 aromatic carbocycles. The predicted octanol–water partition coefficient (Wildman–Crippen LogP) is 0.424. The van der Waals surface area contributed by atoms with Crippen molar-refractivity contribution in [3.63, 3.8) is 0 Å². The van der Waals surface area contributed by atoms with Gasteiger partial charge in [0.15, 0.2) is 0 Å². The summed E-state index contributed by atoms with van der Waals surface area (Å²) in [6, 6.07) is 2.87. The summed E-state index contributed by atoms with van der Waals surface area (Å²) in [7, 11) is -3.61. The summed E-state index contributed by atoms with van der Waals surface area (Å²) in [6.07, 6.45) is -0.431. The molecule has 1 rings (SSSR count). The van der Waals surface area contributed by atoms with E-state index in [9.17, 15) is 13.2 Å². The first-order valence-corrected chi connectivity index (χ1v) is 7.59. The van der Waals surface area contributed by atoms with Crippen LogP contribution in [0, 0.1) is 0 Å². The van der Waals surface area contributed by atoms with Crippen LogP contribution < -0.4 is 4.72 Å². The summed E-state index contributed by atoms with van der Waals surface area (Å²) in [4.78, 5) is 11.0. The Kier molecular flexibility index (Phi) is 5.27. The van der Waals surface area contributed by atoms with E-state index in [0.717, 1.165) is 11.3 Å². The SMILES string of the molecule is CC(O)CCNS(=O)(=O)c1ccc(CC(=O)O)s1. The van der Waals surface area contributed by atoms with Gasteiger partial charge in [0.1, 0.15) is 4.21 Å². The number of carbonyl (C=O) groups is 1. The van der Waals surface area contributed by atoms with Crippen molar-refractivity contribution < 1.29 is 23.4 Å². The first kappa shape index (κ1) is 15.1. The second-order valence-corrected chi connectivity index (χ2v) is 6.99.